The molecule has 0 aromatic heterocycles. The molecule has 0 aliphatic heterocycles. The van der Waals surface area contributed by atoms with E-state index in [4.69, 9.17) is 5.11 Å². The normalized spacial score (nSPS) is 16.0. The van der Waals surface area contributed by atoms with E-state index < -0.39 is 23.6 Å². The van der Waals surface area contributed by atoms with E-state index in [1.165, 1.54) is 6.92 Å². The van der Waals surface area contributed by atoms with Gasteiger partial charge in [-0.1, -0.05) is 50.1 Å². The van der Waals surface area contributed by atoms with Crippen LogP contribution >= 0.6 is 0 Å². The molecule has 4 N–H and O–H groups in total. The van der Waals surface area contributed by atoms with Gasteiger partial charge in [0.05, 0.1) is 12.1 Å². The lowest BCUT2D eigenvalue weighted by Gasteiger charge is -2.32. The largest absolute Gasteiger partial charge is 0.465 e. The molecule has 0 saturated heterocycles. The molecule has 0 aliphatic rings. The predicted molar refractivity (Wildman–Crippen MR) is 88.1 cm³/mol. The van der Waals surface area contributed by atoms with Crippen molar-refractivity contribution in [3.05, 3.63) is 35.9 Å². The minimum Gasteiger partial charge on any atom is -0.465 e. The lowest BCUT2D eigenvalue weighted by molar-refractivity contribution is -0.141. The summed E-state index contributed by atoms with van der Waals surface area (Å²) in [4.78, 5) is 23.4. The highest BCUT2D eigenvalue weighted by Gasteiger charge is 2.40. The summed E-state index contributed by atoms with van der Waals surface area (Å²) in [6.45, 7) is 5.12. The van der Waals surface area contributed by atoms with Crippen molar-refractivity contribution in [3.63, 3.8) is 0 Å². The number of aliphatic hydroxyl groups is 1. The Morgan fingerprint density at radius 2 is 1.83 bits per heavy atom. The molecule has 2 amide bonds. The van der Waals surface area contributed by atoms with Crippen molar-refractivity contribution in [2.75, 3.05) is 0 Å². The fourth-order valence-corrected chi connectivity index (χ4v) is 2.38. The number of hydrogen-bond donors (Lipinski definition) is 4. The van der Waals surface area contributed by atoms with Gasteiger partial charge in [-0.2, -0.15) is 0 Å². The van der Waals surface area contributed by atoms with Crippen molar-refractivity contribution in [1.82, 2.24) is 10.6 Å². The Bertz CT molecular complexity index is 517. The number of nitrogens with one attached hydrogen (secondary N) is 2. The van der Waals surface area contributed by atoms with Crippen LogP contribution in [-0.2, 0) is 4.79 Å². The lowest BCUT2D eigenvalue weighted by Crippen LogP contribution is -2.59. The maximum Gasteiger partial charge on any atom is 0.404 e. The summed E-state index contributed by atoms with van der Waals surface area (Å²) < 4.78 is 0. The second-order valence-corrected chi connectivity index (χ2v) is 5.90. The van der Waals surface area contributed by atoms with Crippen LogP contribution in [0.4, 0.5) is 4.79 Å². The summed E-state index contributed by atoms with van der Waals surface area (Å²) in [6.07, 6.45) is 0.692. The number of hydrogen-bond acceptors (Lipinski definition) is 3. The Hall–Kier alpha value is -2.08. The minimum atomic E-state index is -1.82. The number of carboxylic acid groups (broad SMARTS) is 1. The summed E-state index contributed by atoms with van der Waals surface area (Å²) in [5.74, 6) is -0.594. The van der Waals surface area contributed by atoms with Crippen LogP contribution < -0.4 is 10.6 Å². The summed E-state index contributed by atoms with van der Waals surface area (Å²) >= 11 is 0. The Balaban J connectivity index is 2.81. The van der Waals surface area contributed by atoms with Crippen LogP contribution in [-0.4, -0.2) is 33.9 Å². The van der Waals surface area contributed by atoms with Gasteiger partial charge in [-0.05, 0) is 25.8 Å². The molecular formula is C17H26N2O4. The van der Waals surface area contributed by atoms with Crippen LogP contribution in [0.5, 0.6) is 0 Å². The van der Waals surface area contributed by atoms with Crippen molar-refractivity contribution in [3.8, 4) is 0 Å². The fraction of sp³-hybridized carbons (Fsp3) is 0.529. The van der Waals surface area contributed by atoms with E-state index in [-0.39, 0.29) is 6.04 Å². The first kappa shape index (κ1) is 19.0. The van der Waals surface area contributed by atoms with Crippen molar-refractivity contribution < 1.29 is 19.8 Å². The second kappa shape index (κ2) is 8.53. The number of amides is 2. The smallest absolute Gasteiger partial charge is 0.404 e. The standard InChI is InChI=1S/C17H26N2O4/c1-4-5-11-14(19-16(21)22)17(3,23)15(20)18-12(2)13-9-7-6-8-10-13/h6-10,12,14,19,23H,4-5,11H2,1-3H3,(H,18,20)(H,21,22)/t12-,14+,17?/m1/s1. The minimum absolute atomic E-state index is 0.285. The summed E-state index contributed by atoms with van der Waals surface area (Å²) in [6, 6.07) is 8.23. The van der Waals surface area contributed by atoms with E-state index in [1.54, 1.807) is 0 Å². The van der Waals surface area contributed by atoms with Gasteiger partial charge in [0.1, 0.15) is 0 Å². The molecule has 0 fully saturated rings. The lowest BCUT2D eigenvalue weighted by atomic mass is 9.90. The molecule has 0 bridgehead atoms. The van der Waals surface area contributed by atoms with Crippen LogP contribution in [0.25, 0.3) is 0 Å². The number of benzene rings is 1. The molecule has 128 valence electrons. The number of unbranched alkanes of at least 4 members (excludes halogenated alkanes) is 1. The van der Waals surface area contributed by atoms with Crippen molar-refractivity contribution in [2.24, 2.45) is 0 Å². The van der Waals surface area contributed by atoms with E-state index in [0.717, 1.165) is 12.0 Å². The zero-order valence-electron chi connectivity index (χ0n) is 13.9. The average molecular weight is 322 g/mol. The summed E-state index contributed by atoms with van der Waals surface area (Å²) in [7, 11) is 0. The highest BCUT2D eigenvalue weighted by Crippen LogP contribution is 2.19. The van der Waals surface area contributed by atoms with Crippen LogP contribution in [0.15, 0.2) is 30.3 Å². The van der Waals surface area contributed by atoms with Gasteiger partial charge >= 0.3 is 6.09 Å². The van der Waals surface area contributed by atoms with Gasteiger partial charge in [-0.25, -0.2) is 4.79 Å². The van der Waals surface area contributed by atoms with Crippen LogP contribution in [0.3, 0.4) is 0 Å². The molecule has 0 heterocycles. The highest BCUT2D eigenvalue weighted by molar-refractivity contribution is 5.86. The molecule has 0 radical (unpaired) electrons. The Morgan fingerprint density at radius 1 is 1.22 bits per heavy atom. The third kappa shape index (κ3) is 5.56. The molecule has 1 aromatic rings. The van der Waals surface area contributed by atoms with E-state index in [2.05, 4.69) is 10.6 Å². The van der Waals surface area contributed by atoms with Crippen LogP contribution in [0.1, 0.15) is 51.6 Å². The molecule has 23 heavy (non-hydrogen) atoms. The number of rotatable bonds is 8. The monoisotopic (exact) mass is 322 g/mol. The fourth-order valence-electron chi connectivity index (χ4n) is 2.38. The number of carbonyl (C=O) groups excluding carboxylic acids is 1. The maximum absolute atomic E-state index is 12.4. The molecular weight excluding hydrogens is 296 g/mol. The first-order valence-electron chi connectivity index (χ1n) is 7.86. The van der Waals surface area contributed by atoms with E-state index in [1.807, 2.05) is 44.2 Å². The molecule has 6 nitrogen and oxygen atoms in total. The third-order valence-corrected chi connectivity index (χ3v) is 3.93. The quantitative estimate of drug-likeness (QED) is 0.591. The average Bonchev–Trinajstić information content (AvgIpc) is 2.51. The number of carbonyl (C=O) groups is 2. The van der Waals surface area contributed by atoms with E-state index in [0.29, 0.717) is 12.8 Å². The van der Waals surface area contributed by atoms with Crippen LogP contribution in [0.2, 0.25) is 0 Å². The molecule has 0 spiro atoms. The van der Waals surface area contributed by atoms with Crippen molar-refractivity contribution >= 4 is 12.0 Å². The summed E-state index contributed by atoms with van der Waals surface area (Å²) in [5, 5.41) is 24.5. The zero-order chi connectivity index (χ0) is 17.5. The van der Waals surface area contributed by atoms with Gasteiger partial charge in [-0.3, -0.25) is 4.79 Å². The van der Waals surface area contributed by atoms with Gasteiger partial charge in [0.2, 0.25) is 0 Å². The predicted octanol–water partition coefficient (Wildman–Crippen LogP) is 2.44. The second-order valence-electron chi connectivity index (χ2n) is 5.90. The Kier molecular flexibility index (Phi) is 7.03. The first-order valence-corrected chi connectivity index (χ1v) is 7.86. The zero-order valence-corrected chi connectivity index (χ0v) is 13.9. The highest BCUT2D eigenvalue weighted by atomic mass is 16.4. The van der Waals surface area contributed by atoms with E-state index >= 15 is 0 Å². The molecule has 6 heteroatoms. The molecule has 1 unspecified atom stereocenters. The Labute approximate surface area is 136 Å². The van der Waals surface area contributed by atoms with Crippen molar-refractivity contribution in [1.29, 1.82) is 0 Å². The van der Waals surface area contributed by atoms with Gasteiger partial charge in [0.25, 0.3) is 5.91 Å². The van der Waals surface area contributed by atoms with E-state index in [9.17, 15) is 14.7 Å². The summed E-state index contributed by atoms with van der Waals surface area (Å²) in [5.41, 5.74) is -0.913. The molecule has 3 atom stereocenters. The first-order chi connectivity index (χ1) is 10.8. The topological polar surface area (TPSA) is 98.7 Å². The SMILES string of the molecule is CCCC[C@H](NC(=O)O)C(C)(O)C(=O)N[C@H](C)c1ccccc1. The van der Waals surface area contributed by atoms with Crippen molar-refractivity contribution in [2.45, 2.75) is 57.7 Å². The molecule has 1 rings (SSSR count). The van der Waals surface area contributed by atoms with Gasteiger partial charge in [0, 0.05) is 0 Å². The van der Waals surface area contributed by atoms with Crippen LogP contribution in [0, 0.1) is 0 Å². The molecule has 1 aromatic carbocycles. The molecule has 0 saturated carbocycles. The molecule has 0 aliphatic carbocycles. The van der Waals surface area contributed by atoms with Gasteiger partial charge < -0.3 is 20.8 Å². The maximum atomic E-state index is 12.4. The third-order valence-electron chi connectivity index (χ3n) is 3.93. The van der Waals surface area contributed by atoms with Gasteiger partial charge in [0.15, 0.2) is 5.60 Å². The van der Waals surface area contributed by atoms with Gasteiger partial charge in [-0.15, -0.1) is 0 Å². The Morgan fingerprint density at radius 3 is 2.35 bits per heavy atom.